The van der Waals surface area contributed by atoms with Crippen LogP contribution in [0.15, 0.2) is 43.0 Å². The second-order valence-electron chi connectivity index (χ2n) is 12.1. The van der Waals surface area contributed by atoms with Crippen molar-refractivity contribution in [2.75, 3.05) is 37.7 Å². The van der Waals surface area contributed by atoms with E-state index >= 15 is 0 Å². The molecule has 10 nitrogen and oxygen atoms in total. The molecule has 0 radical (unpaired) electrons. The molecule has 2 saturated heterocycles. The van der Waals surface area contributed by atoms with Gasteiger partial charge in [0.25, 0.3) is 5.91 Å². The maximum Gasteiger partial charge on any atom is 0.258 e. The van der Waals surface area contributed by atoms with Gasteiger partial charge in [0.05, 0.1) is 37.1 Å². The Balaban J connectivity index is 1.03. The van der Waals surface area contributed by atoms with E-state index in [1.807, 2.05) is 26.1 Å². The fourth-order valence-corrected chi connectivity index (χ4v) is 6.83. The summed E-state index contributed by atoms with van der Waals surface area (Å²) in [6, 6.07) is 5.73. The van der Waals surface area contributed by atoms with Crippen molar-refractivity contribution in [3.8, 4) is 17.2 Å². The minimum atomic E-state index is -0.501. The van der Waals surface area contributed by atoms with Gasteiger partial charge < -0.3 is 29.3 Å². The van der Waals surface area contributed by atoms with Crippen LogP contribution in [0.4, 0.5) is 10.2 Å². The van der Waals surface area contributed by atoms with Crippen molar-refractivity contribution in [2.45, 2.75) is 57.8 Å². The first-order valence-corrected chi connectivity index (χ1v) is 14.7. The van der Waals surface area contributed by atoms with E-state index in [-0.39, 0.29) is 40.8 Å². The number of hydrogen-bond acceptors (Lipinski definition) is 9. The summed E-state index contributed by atoms with van der Waals surface area (Å²) in [5.74, 6) is 1.51. The quantitative estimate of drug-likeness (QED) is 0.472. The topological polar surface area (TPSA) is 102 Å². The number of hydrogen-bond donors (Lipinski definition) is 1. The molecule has 1 saturated carbocycles. The van der Waals surface area contributed by atoms with Gasteiger partial charge in [0, 0.05) is 55.5 Å². The molecule has 2 atom stereocenters. The van der Waals surface area contributed by atoms with Gasteiger partial charge >= 0.3 is 0 Å². The summed E-state index contributed by atoms with van der Waals surface area (Å²) in [5, 5.41) is 3.41. The second-order valence-corrected chi connectivity index (χ2v) is 12.1. The lowest BCUT2D eigenvalue weighted by Crippen LogP contribution is -2.65. The van der Waals surface area contributed by atoms with Gasteiger partial charge in [0.15, 0.2) is 11.6 Å². The normalized spacial score (nSPS) is 23.1. The first kappa shape index (κ1) is 27.0. The Hall–Kier alpha value is -3.83. The molecule has 0 unspecified atom stereocenters. The molecular formula is C31H35FN6O4. The molecule has 1 spiro atoms. The van der Waals surface area contributed by atoms with Crippen molar-refractivity contribution < 1.29 is 23.4 Å². The number of nitrogens with one attached hydrogen (secondary N) is 1. The number of pyridine rings is 1. The monoisotopic (exact) mass is 574 g/mol. The zero-order valence-corrected chi connectivity index (χ0v) is 23.9. The molecule has 3 fully saturated rings. The van der Waals surface area contributed by atoms with E-state index in [1.165, 1.54) is 30.1 Å². The maximum absolute atomic E-state index is 14.4. The largest absolute Gasteiger partial charge is 0.490 e. The van der Waals surface area contributed by atoms with Crippen molar-refractivity contribution in [2.24, 2.45) is 5.41 Å². The number of benzene rings is 1. The third-order valence-corrected chi connectivity index (χ3v) is 8.86. The van der Waals surface area contributed by atoms with E-state index < -0.39 is 5.82 Å². The van der Waals surface area contributed by atoms with Crippen LogP contribution in [0.3, 0.4) is 0 Å². The van der Waals surface area contributed by atoms with Gasteiger partial charge in [-0.1, -0.05) is 0 Å². The summed E-state index contributed by atoms with van der Waals surface area (Å²) in [6.45, 7) is 8.12. The molecule has 2 aromatic heterocycles. The lowest BCUT2D eigenvalue weighted by molar-refractivity contribution is -0.0349. The molecule has 11 heteroatoms. The molecule has 0 bridgehead atoms. The number of halogens is 1. The van der Waals surface area contributed by atoms with Gasteiger partial charge in [-0.25, -0.2) is 14.4 Å². The zero-order chi connectivity index (χ0) is 28.8. The second kappa shape index (κ2) is 10.8. The number of fused-ring (bicyclic) bond motifs is 1. The maximum atomic E-state index is 14.4. The lowest BCUT2D eigenvalue weighted by atomic mass is 9.61. The highest BCUT2D eigenvalue weighted by atomic mass is 19.1. The average Bonchev–Trinajstić information content (AvgIpc) is 2.95. The Morgan fingerprint density at radius 2 is 1.90 bits per heavy atom. The van der Waals surface area contributed by atoms with E-state index in [9.17, 15) is 9.18 Å². The number of carbonyl (C=O) groups is 1. The van der Waals surface area contributed by atoms with Crippen LogP contribution in [0.5, 0.6) is 17.2 Å². The molecule has 42 heavy (non-hydrogen) atoms. The Morgan fingerprint density at radius 1 is 1.10 bits per heavy atom. The van der Waals surface area contributed by atoms with Gasteiger partial charge in [-0.05, 0) is 51.0 Å². The summed E-state index contributed by atoms with van der Waals surface area (Å²) in [7, 11) is 0. The molecule has 4 aliphatic rings. The first-order valence-electron chi connectivity index (χ1n) is 14.7. The van der Waals surface area contributed by atoms with Crippen LogP contribution in [-0.2, 0) is 17.7 Å². The summed E-state index contributed by atoms with van der Waals surface area (Å²) in [6.07, 6.45) is 7.99. The Bertz CT molecular complexity index is 1480. The zero-order valence-electron chi connectivity index (χ0n) is 23.9. The number of carbonyl (C=O) groups excluding carboxylic acids is 1. The number of anilines is 1. The van der Waals surface area contributed by atoms with Gasteiger partial charge in [-0.3, -0.25) is 9.78 Å². The Kier molecular flexibility index (Phi) is 6.94. The first-order chi connectivity index (χ1) is 20.4. The number of nitrogens with zero attached hydrogens (tertiary/aromatic N) is 5. The standard InChI is InChI=1S/C31H35FN6O4/c1-19-14-40-15-20(2)38(19)30(39)23-9-21(32)3-4-26(23)42-28-13-34-18-36-29(28)37-16-31(17-37)10-22(11-31)41-27-6-8-35-25-5-7-33-12-24(25)27/h3-4,6,8-9,13,18-20,22,33H,5,7,10-12,14-17H2,1-2H3/t19-,20-/m1/s1. The van der Waals surface area contributed by atoms with Gasteiger partial charge in [0.1, 0.15) is 29.7 Å². The van der Waals surface area contributed by atoms with E-state index in [0.29, 0.717) is 24.8 Å². The number of amides is 1. The third-order valence-electron chi connectivity index (χ3n) is 8.86. The van der Waals surface area contributed by atoms with Crippen molar-refractivity contribution in [1.29, 1.82) is 0 Å². The molecule has 1 N–H and O–H groups in total. The summed E-state index contributed by atoms with van der Waals surface area (Å²) in [5.41, 5.74) is 2.65. The highest BCUT2D eigenvalue weighted by Crippen LogP contribution is 2.52. The highest BCUT2D eigenvalue weighted by molar-refractivity contribution is 5.97. The Labute approximate surface area is 244 Å². The predicted octanol–water partition coefficient (Wildman–Crippen LogP) is 3.75. The molecule has 5 heterocycles. The molecule has 7 rings (SSSR count). The van der Waals surface area contributed by atoms with Crippen LogP contribution in [0, 0.1) is 11.2 Å². The van der Waals surface area contributed by atoms with Crippen LogP contribution in [0.25, 0.3) is 0 Å². The lowest BCUT2D eigenvalue weighted by Gasteiger charge is -2.59. The molecule has 1 aliphatic carbocycles. The molecule has 3 aromatic rings. The SMILES string of the molecule is C[C@@H]1COC[C@@H](C)N1C(=O)c1cc(F)ccc1Oc1cncnc1N1CC2(CC(Oc3ccnc4c3CNCC4)C2)C1. The fourth-order valence-electron chi connectivity index (χ4n) is 6.83. The fraction of sp³-hybridized carbons (Fsp3) is 0.484. The van der Waals surface area contributed by atoms with Gasteiger partial charge in [-0.15, -0.1) is 0 Å². The molecule has 1 amide bonds. The molecular weight excluding hydrogens is 539 g/mol. The molecule has 3 aliphatic heterocycles. The van der Waals surface area contributed by atoms with Crippen LogP contribution >= 0.6 is 0 Å². The van der Waals surface area contributed by atoms with Gasteiger partial charge in [0.2, 0.25) is 0 Å². The van der Waals surface area contributed by atoms with Crippen molar-refractivity contribution in [1.82, 2.24) is 25.2 Å². The summed E-state index contributed by atoms with van der Waals surface area (Å²) >= 11 is 0. The van der Waals surface area contributed by atoms with E-state index in [0.717, 1.165) is 56.9 Å². The van der Waals surface area contributed by atoms with Crippen molar-refractivity contribution in [3.63, 3.8) is 0 Å². The summed E-state index contributed by atoms with van der Waals surface area (Å²) < 4.78 is 32.6. The number of morpholine rings is 1. The number of aromatic nitrogens is 3. The minimum absolute atomic E-state index is 0.138. The smallest absolute Gasteiger partial charge is 0.258 e. The van der Waals surface area contributed by atoms with Crippen LogP contribution in [-0.4, -0.2) is 76.8 Å². The van der Waals surface area contributed by atoms with Crippen LogP contribution < -0.4 is 19.7 Å². The van der Waals surface area contributed by atoms with Crippen molar-refractivity contribution >= 4 is 11.7 Å². The van der Waals surface area contributed by atoms with Crippen LogP contribution in [0.1, 0.15) is 48.3 Å². The van der Waals surface area contributed by atoms with Crippen LogP contribution in [0.2, 0.25) is 0 Å². The number of rotatable bonds is 6. The minimum Gasteiger partial charge on any atom is -0.490 e. The third kappa shape index (κ3) is 4.94. The van der Waals surface area contributed by atoms with E-state index in [2.05, 4.69) is 25.2 Å². The predicted molar refractivity (Wildman–Crippen MR) is 152 cm³/mol. The number of ether oxygens (including phenoxy) is 3. The van der Waals surface area contributed by atoms with Crippen molar-refractivity contribution in [3.05, 3.63) is 65.6 Å². The summed E-state index contributed by atoms with van der Waals surface area (Å²) in [4.78, 5) is 30.7. The van der Waals surface area contributed by atoms with Gasteiger partial charge in [-0.2, -0.15) is 0 Å². The Morgan fingerprint density at radius 3 is 2.71 bits per heavy atom. The molecule has 220 valence electrons. The van der Waals surface area contributed by atoms with E-state index in [4.69, 9.17) is 14.2 Å². The molecule has 1 aromatic carbocycles. The average molecular weight is 575 g/mol. The highest BCUT2D eigenvalue weighted by Gasteiger charge is 2.54. The van der Waals surface area contributed by atoms with E-state index in [1.54, 1.807) is 11.1 Å².